The second-order valence-corrected chi connectivity index (χ2v) is 4.33. The van der Waals surface area contributed by atoms with Crippen molar-refractivity contribution >= 4 is 0 Å². The van der Waals surface area contributed by atoms with Gasteiger partial charge in [0.05, 0.1) is 0 Å². The maximum atomic E-state index is 3.75. The molecule has 0 spiro atoms. The number of nitrogens with zero attached hydrogens (tertiary/aromatic N) is 1. The molecule has 0 saturated heterocycles. The van der Waals surface area contributed by atoms with E-state index in [4.69, 9.17) is 0 Å². The van der Waals surface area contributed by atoms with Crippen LogP contribution >= 0.6 is 0 Å². The highest BCUT2D eigenvalue weighted by atomic mass is 15.1. The summed E-state index contributed by atoms with van der Waals surface area (Å²) < 4.78 is 0. The fraction of sp³-hybridized carbons (Fsp3) is 0.833. The van der Waals surface area contributed by atoms with Crippen LogP contribution in [0.1, 0.15) is 33.6 Å². The molecular weight excluding hydrogens is 172 g/mol. The Hall–Kier alpha value is -0.340. The molecular formula is C12H26N2. The molecule has 0 fully saturated rings. The van der Waals surface area contributed by atoms with E-state index in [0.717, 1.165) is 13.1 Å². The third kappa shape index (κ3) is 7.10. The van der Waals surface area contributed by atoms with Gasteiger partial charge in [-0.05, 0) is 33.4 Å². The van der Waals surface area contributed by atoms with Crippen molar-refractivity contribution in [3.63, 3.8) is 0 Å². The maximum absolute atomic E-state index is 3.75. The molecule has 1 N–H and O–H groups in total. The Morgan fingerprint density at radius 3 is 2.50 bits per heavy atom. The first-order chi connectivity index (χ1) is 6.57. The van der Waals surface area contributed by atoms with Crippen LogP contribution in [0.5, 0.6) is 0 Å². The number of hydrogen-bond acceptors (Lipinski definition) is 2. The molecule has 1 unspecified atom stereocenters. The first-order valence-corrected chi connectivity index (χ1v) is 5.62. The lowest BCUT2D eigenvalue weighted by Gasteiger charge is -2.23. The minimum Gasteiger partial charge on any atom is -0.315 e. The highest BCUT2D eigenvalue weighted by Crippen LogP contribution is 2.03. The molecule has 0 aliphatic rings. The van der Waals surface area contributed by atoms with Gasteiger partial charge in [0.15, 0.2) is 0 Å². The monoisotopic (exact) mass is 198 g/mol. The lowest BCUT2D eigenvalue weighted by Crippen LogP contribution is -2.30. The van der Waals surface area contributed by atoms with Crippen LogP contribution in [-0.4, -0.2) is 37.1 Å². The van der Waals surface area contributed by atoms with E-state index in [1.165, 1.54) is 12.8 Å². The Labute approximate surface area is 89.4 Å². The average Bonchev–Trinajstić information content (AvgIpc) is 2.12. The number of hydrogen-bond donors (Lipinski definition) is 1. The SMILES string of the molecule is C=CCN(C)C(C)CCCNC(C)C. The van der Waals surface area contributed by atoms with Crippen LogP contribution < -0.4 is 5.32 Å². The summed E-state index contributed by atoms with van der Waals surface area (Å²) in [6.45, 7) is 12.5. The van der Waals surface area contributed by atoms with E-state index in [-0.39, 0.29) is 0 Å². The summed E-state index contributed by atoms with van der Waals surface area (Å²) in [6.07, 6.45) is 4.47. The molecule has 0 amide bonds. The third-order valence-electron chi connectivity index (χ3n) is 2.52. The summed E-state index contributed by atoms with van der Waals surface area (Å²) in [4.78, 5) is 2.34. The fourth-order valence-corrected chi connectivity index (χ4v) is 1.39. The predicted octanol–water partition coefficient (Wildman–Crippen LogP) is 2.27. The van der Waals surface area contributed by atoms with Crippen molar-refractivity contribution < 1.29 is 0 Å². The smallest absolute Gasteiger partial charge is 0.0160 e. The quantitative estimate of drug-likeness (QED) is 0.475. The molecule has 0 rings (SSSR count). The van der Waals surface area contributed by atoms with Gasteiger partial charge in [-0.25, -0.2) is 0 Å². The van der Waals surface area contributed by atoms with Gasteiger partial charge in [0.25, 0.3) is 0 Å². The van der Waals surface area contributed by atoms with Gasteiger partial charge in [0, 0.05) is 18.6 Å². The summed E-state index contributed by atoms with van der Waals surface area (Å²) in [5, 5.41) is 3.43. The summed E-state index contributed by atoms with van der Waals surface area (Å²) in [5.41, 5.74) is 0. The lowest BCUT2D eigenvalue weighted by atomic mass is 10.1. The molecule has 0 bridgehead atoms. The van der Waals surface area contributed by atoms with Crippen molar-refractivity contribution in [2.75, 3.05) is 20.1 Å². The Morgan fingerprint density at radius 1 is 1.36 bits per heavy atom. The molecule has 84 valence electrons. The number of likely N-dealkylation sites (N-methyl/N-ethyl adjacent to an activating group) is 1. The maximum Gasteiger partial charge on any atom is 0.0160 e. The first-order valence-electron chi connectivity index (χ1n) is 5.62. The highest BCUT2D eigenvalue weighted by Gasteiger charge is 2.06. The highest BCUT2D eigenvalue weighted by molar-refractivity contribution is 4.74. The Balaban J connectivity index is 3.43. The van der Waals surface area contributed by atoms with Crippen molar-refractivity contribution in [3.8, 4) is 0 Å². The third-order valence-corrected chi connectivity index (χ3v) is 2.52. The standard InChI is InChI=1S/C12H26N2/c1-6-10-14(5)12(4)8-7-9-13-11(2)3/h6,11-13H,1,7-10H2,2-5H3. The molecule has 0 aromatic carbocycles. The van der Waals surface area contributed by atoms with E-state index >= 15 is 0 Å². The molecule has 0 aromatic heterocycles. The topological polar surface area (TPSA) is 15.3 Å². The van der Waals surface area contributed by atoms with E-state index in [2.05, 4.69) is 44.6 Å². The Morgan fingerprint density at radius 2 is 2.00 bits per heavy atom. The molecule has 1 atom stereocenters. The van der Waals surface area contributed by atoms with Gasteiger partial charge in [-0.3, -0.25) is 0 Å². The Kier molecular flexibility index (Phi) is 7.81. The van der Waals surface area contributed by atoms with Crippen molar-refractivity contribution in [2.24, 2.45) is 0 Å². The zero-order chi connectivity index (χ0) is 11.0. The van der Waals surface area contributed by atoms with Crippen molar-refractivity contribution in [1.82, 2.24) is 10.2 Å². The molecule has 2 heteroatoms. The first kappa shape index (κ1) is 13.7. The van der Waals surface area contributed by atoms with Crippen LogP contribution in [-0.2, 0) is 0 Å². The van der Waals surface area contributed by atoms with Crippen LogP contribution in [0.4, 0.5) is 0 Å². The van der Waals surface area contributed by atoms with Gasteiger partial charge in [-0.2, -0.15) is 0 Å². The number of nitrogens with one attached hydrogen (secondary N) is 1. The van der Waals surface area contributed by atoms with Gasteiger partial charge >= 0.3 is 0 Å². The van der Waals surface area contributed by atoms with Gasteiger partial charge in [-0.15, -0.1) is 6.58 Å². The van der Waals surface area contributed by atoms with Gasteiger partial charge < -0.3 is 10.2 Å². The van der Waals surface area contributed by atoms with E-state index in [9.17, 15) is 0 Å². The molecule has 0 aromatic rings. The van der Waals surface area contributed by atoms with Gasteiger partial charge in [-0.1, -0.05) is 19.9 Å². The normalized spacial score (nSPS) is 13.6. The molecule has 14 heavy (non-hydrogen) atoms. The fourth-order valence-electron chi connectivity index (χ4n) is 1.39. The van der Waals surface area contributed by atoms with Gasteiger partial charge in [0.1, 0.15) is 0 Å². The van der Waals surface area contributed by atoms with Crippen molar-refractivity contribution in [3.05, 3.63) is 12.7 Å². The van der Waals surface area contributed by atoms with Crippen LogP contribution in [0.25, 0.3) is 0 Å². The molecule has 0 aliphatic carbocycles. The molecule has 2 nitrogen and oxygen atoms in total. The number of rotatable bonds is 8. The van der Waals surface area contributed by atoms with E-state index in [0.29, 0.717) is 12.1 Å². The van der Waals surface area contributed by atoms with E-state index in [1.807, 2.05) is 6.08 Å². The zero-order valence-corrected chi connectivity index (χ0v) is 10.2. The summed E-state index contributed by atoms with van der Waals surface area (Å²) in [6, 6.07) is 1.26. The molecule has 0 saturated carbocycles. The van der Waals surface area contributed by atoms with Crippen LogP contribution in [0.3, 0.4) is 0 Å². The summed E-state index contributed by atoms with van der Waals surface area (Å²) >= 11 is 0. The molecule has 0 radical (unpaired) electrons. The summed E-state index contributed by atoms with van der Waals surface area (Å²) in [7, 11) is 2.15. The van der Waals surface area contributed by atoms with Crippen LogP contribution in [0, 0.1) is 0 Å². The molecule has 0 aliphatic heterocycles. The average molecular weight is 198 g/mol. The second kappa shape index (κ2) is 8.01. The van der Waals surface area contributed by atoms with Crippen molar-refractivity contribution in [1.29, 1.82) is 0 Å². The van der Waals surface area contributed by atoms with E-state index in [1.54, 1.807) is 0 Å². The Bertz CT molecular complexity index is 143. The van der Waals surface area contributed by atoms with Crippen LogP contribution in [0.2, 0.25) is 0 Å². The lowest BCUT2D eigenvalue weighted by molar-refractivity contribution is 0.266. The minimum absolute atomic E-state index is 0.608. The van der Waals surface area contributed by atoms with Gasteiger partial charge in [0.2, 0.25) is 0 Å². The van der Waals surface area contributed by atoms with Crippen molar-refractivity contribution in [2.45, 2.75) is 45.7 Å². The summed E-state index contributed by atoms with van der Waals surface area (Å²) in [5.74, 6) is 0. The zero-order valence-electron chi connectivity index (χ0n) is 10.2. The predicted molar refractivity (Wildman–Crippen MR) is 64.7 cm³/mol. The van der Waals surface area contributed by atoms with E-state index < -0.39 is 0 Å². The largest absolute Gasteiger partial charge is 0.315 e. The second-order valence-electron chi connectivity index (χ2n) is 4.33. The molecule has 0 heterocycles. The minimum atomic E-state index is 0.608. The van der Waals surface area contributed by atoms with Crippen LogP contribution in [0.15, 0.2) is 12.7 Å².